The highest BCUT2D eigenvalue weighted by Crippen LogP contribution is 2.43. The second-order valence-corrected chi connectivity index (χ2v) is 7.27. The van der Waals surface area contributed by atoms with Crippen LogP contribution in [0.15, 0.2) is 29.2 Å². The van der Waals surface area contributed by atoms with Crippen LogP contribution in [0.5, 0.6) is 0 Å². The summed E-state index contributed by atoms with van der Waals surface area (Å²) in [6, 6.07) is 7.26. The van der Waals surface area contributed by atoms with Gasteiger partial charge in [-0.15, -0.1) is 0 Å². The van der Waals surface area contributed by atoms with Crippen molar-refractivity contribution < 1.29 is 8.42 Å². The molecule has 1 aliphatic heterocycles. The third kappa shape index (κ3) is 1.84. The highest BCUT2D eigenvalue weighted by Gasteiger charge is 2.41. The molecule has 0 radical (unpaired) electrons. The average Bonchev–Trinajstić information content (AvgIpc) is 2.70. The standard InChI is InChI=1S/C13H17NO2S/c15-17(16)10-13(7-3-4-8-13)9-14-11-5-1-2-6-12(11)17/h1-2,5-6,14H,3-4,7-10H2. The van der Waals surface area contributed by atoms with Gasteiger partial charge in [-0.1, -0.05) is 25.0 Å². The molecular weight excluding hydrogens is 234 g/mol. The SMILES string of the molecule is O=S1(=O)CC2(CCCC2)CNc2ccccc21. The zero-order valence-electron chi connectivity index (χ0n) is 9.78. The number of rotatable bonds is 0. The van der Waals surface area contributed by atoms with Crippen molar-refractivity contribution in [2.45, 2.75) is 30.6 Å². The maximum Gasteiger partial charge on any atom is 0.181 e. The summed E-state index contributed by atoms with van der Waals surface area (Å²) in [6.45, 7) is 0.795. The van der Waals surface area contributed by atoms with Gasteiger partial charge in [0, 0.05) is 12.0 Å². The Bertz CT molecular complexity index is 530. The lowest BCUT2D eigenvalue weighted by Crippen LogP contribution is -2.31. The van der Waals surface area contributed by atoms with Crippen molar-refractivity contribution in [1.82, 2.24) is 0 Å². The van der Waals surface area contributed by atoms with E-state index < -0.39 is 9.84 Å². The summed E-state index contributed by atoms with van der Waals surface area (Å²) in [5.41, 5.74) is 0.744. The van der Waals surface area contributed by atoms with E-state index in [9.17, 15) is 8.42 Å². The molecule has 1 spiro atoms. The molecule has 0 aromatic heterocycles. The predicted octanol–water partition coefficient (Wildman–Crippen LogP) is 2.45. The minimum Gasteiger partial charge on any atom is -0.383 e. The first-order valence-corrected chi connectivity index (χ1v) is 7.82. The van der Waals surface area contributed by atoms with Crippen molar-refractivity contribution in [2.24, 2.45) is 5.41 Å². The first-order chi connectivity index (χ1) is 8.11. The molecule has 0 amide bonds. The van der Waals surface area contributed by atoms with Crippen molar-refractivity contribution in [3.63, 3.8) is 0 Å². The van der Waals surface area contributed by atoms with E-state index in [1.54, 1.807) is 12.1 Å². The Morgan fingerprint density at radius 2 is 1.82 bits per heavy atom. The fourth-order valence-corrected chi connectivity index (χ4v) is 5.26. The van der Waals surface area contributed by atoms with Crippen molar-refractivity contribution in [3.05, 3.63) is 24.3 Å². The molecule has 92 valence electrons. The second kappa shape index (κ2) is 3.73. The third-order valence-electron chi connectivity index (χ3n) is 4.04. The van der Waals surface area contributed by atoms with E-state index in [0.717, 1.165) is 37.9 Å². The van der Waals surface area contributed by atoms with Gasteiger partial charge < -0.3 is 5.32 Å². The Hall–Kier alpha value is -1.03. The first-order valence-electron chi connectivity index (χ1n) is 6.17. The zero-order valence-corrected chi connectivity index (χ0v) is 10.6. The van der Waals surface area contributed by atoms with Gasteiger partial charge >= 0.3 is 0 Å². The van der Waals surface area contributed by atoms with Crippen molar-refractivity contribution in [1.29, 1.82) is 0 Å². The maximum atomic E-state index is 12.4. The largest absolute Gasteiger partial charge is 0.383 e. The first kappa shape index (κ1) is 11.1. The Morgan fingerprint density at radius 1 is 1.12 bits per heavy atom. The molecule has 1 fully saturated rings. The summed E-state index contributed by atoms with van der Waals surface area (Å²) >= 11 is 0. The van der Waals surface area contributed by atoms with Crippen LogP contribution >= 0.6 is 0 Å². The van der Waals surface area contributed by atoms with Crippen LogP contribution in [0, 0.1) is 5.41 Å². The third-order valence-corrected chi connectivity index (χ3v) is 6.05. The predicted molar refractivity (Wildman–Crippen MR) is 67.9 cm³/mol. The van der Waals surface area contributed by atoms with Crippen LogP contribution in [-0.2, 0) is 9.84 Å². The molecule has 3 rings (SSSR count). The number of sulfone groups is 1. The summed E-state index contributed by atoms with van der Waals surface area (Å²) in [6.07, 6.45) is 4.39. The van der Waals surface area contributed by atoms with Crippen molar-refractivity contribution in [3.8, 4) is 0 Å². The molecule has 4 heteroatoms. The smallest absolute Gasteiger partial charge is 0.181 e. The number of hydrogen-bond donors (Lipinski definition) is 1. The van der Waals surface area contributed by atoms with Crippen LogP contribution in [0.2, 0.25) is 0 Å². The van der Waals surface area contributed by atoms with E-state index >= 15 is 0 Å². The molecule has 1 aliphatic carbocycles. The molecule has 0 saturated heterocycles. The Morgan fingerprint density at radius 3 is 2.59 bits per heavy atom. The number of benzene rings is 1. The van der Waals surface area contributed by atoms with E-state index in [1.807, 2.05) is 12.1 Å². The van der Waals surface area contributed by atoms with Crippen LogP contribution in [-0.4, -0.2) is 20.7 Å². The molecule has 1 aromatic rings. The normalized spacial score (nSPS) is 24.9. The minimum atomic E-state index is -3.13. The summed E-state index contributed by atoms with van der Waals surface area (Å²) in [5.74, 6) is 0.310. The molecule has 1 heterocycles. The number of para-hydroxylation sites is 1. The number of hydrogen-bond acceptors (Lipinski definition) is 3. The Labute approximate surface area is 102 Å². The molecular formula is C13H17NO2S. The maximum absolute atomic E-state index is 12.4. The number of nitrogens with one attached hydrogen (secondary N) is 1. The quantitative estimate of drug-likeness (QED) is 0.770. The van der Waals surface area contributed by atoms with E-state index in [4.69, 9.17) is 0 Å². The summed E-state index contributed by atoms with van der Waals surface area (Å²) in [7, 11) is -3.13. The van der Waals surface area contributed by atoms with Gasteiger partial charge in [0.2, 0.25) is 0 Å². The molecule has 17 heavy (non-hydrogen) atoms. The fourth-order valence-electron chi connectivity index (χ4n) is 3.14. The van der Waals surface area contributed by atoms with Crippen molar-refractivity contribution >= 4 is 15.5 Å². The summed E-state index contributed by atoms with van der Waals surface area (Å²) < 4.78 is 24.8. The molecule has 0 bridgehead atoms. The molecule has 3 nitrogen and oxygen atoms in total. The lowest BCUT2D eigenvalue weighted by molar-refractivity contribution is 0.365. The Kier molecular flexibility index (Phi) is 2.43. The number of fused-ring (bicyclic) bond motifs is 1. The van der Waals surface area contributed by atoms with E-state index in [0.29, 0.717) is 10.6 Å². The number of anilines is 1. The minimum absolute atomic E-state index is 0.0299. The highest BCUT2D eigenvalue weighted by molar-refractivity contribution is 7.91. The fraction of sp³-hybridized carbons (Fsp3) is 0.538. The van der Waals surface area contributed by atoms with Crippen molar-refractivity contribution in [2.75, 3.05) is 17.6 Å². The monoisotopic (exact) mass is 251 g/mol. The zero-order chi connectivity index (χ0) is 11.9. The lowest BCUT2D eigenvalue weighted by Gasteiger charge is -2.26. The van der Waals surface area contributed by atoms with Gasteiger partial charge in [0.05, 0.1) is 16.3 Å². The summed E-state index contributed by atoms with van der Waals surface area (Å²) in [4.78, 5) is 0.476. The summed E-state index contributed by atoms with van der Waals surface area (Å²) in [5, 5.41) is 3.33. The average molecular weight is 251 g/mol. The van der Waals surface area contributed by atoms with Crippen LogP contribution in [0.4, 0.5) is 5.69 Å². The van der Waals surface area contributed by atoms with Gasteiger partial charge in [-0.3, -0.25) is 0 Å². The lowest BCUT2D eigenvalue weighted by atomic mass is 9.88. The van der Waals surface area contributed by atoms with Gasteiger partial charge in [0.15, 0.2) is 9.84 Å². The van der Waals surface area contributed by atoms with Gasteiger partial charge in [-0.05, 0) is 25.0 Å². The van der Waals surface area contributed by atoms with E-state index in [1.165, 1.54) is 0 Å². The van der Waals surface area contributed by atoms with Gasteiger partial charge in [0.1, 0.15) is 0 Å². The topological polar surface area (TPSA) is 46.2 Å². The molecule has 1 saturated carbocycles. The van der Waals surface area contributed by atoms with Crippen LogP contribution in [0.25, 0.3) is 0 Å². The highest BCUT2D eigenvalue weighted by atomic mass is 32.2. The van der Waals surface area contributed by atoms with Gasteiger partial charge in [0.25, 0.3) is 0 Å². The van der Waals surface area contributed by atoms with Crippen LogP contribution in [0.3, 0.4) is 0 Å². The molecule has 2 aliphatic rings. The Balaban J connectivity index is 2.07. The van der Waals surface area contributed by atoms with Gasteiger partial charge in [-0.25, -0.2) is 8.42 Å². The molecule has 1 N–H and O–H groups in total. The van der Waals surface area contributed by atoms with Crippen LogP contribution in [0.1, 0.15) is 25.7 Å². The molecule has 0 atom stereocenters. The second-order valence-electron chi connectivity index (χ2n) is 5.32. The van der Waals surface area contributed by atoms with E-state index in [-0.39, 0.29) is 5.41 Å². The van der Waals surface area contributed by atoms with Crippen LogP contribution < -0.4 is 5.32 Å². The molecule has 1 aromatic carbocycles. The van der Waals surface area contributed by atoms with Gasteiger partial charge in [-0.2, -0.15) is 0 Å². The van der Waals surface area contributed by atoms with E-state index in [2.05, 4.69) is 5.32 Å². The molecule has 0 unspecified atom stereocenters.